The van der Waals surface area contributed by atoms with Crippen LogP contribution in [0.15, 0.2) is 30.3 Å². The van der Waals surface area contributed by atoms with Gasteiger partial charge in [0.25, 0.3) is 0 Å². The van der Waals surface area contributed by atoms with E-state index in [1.165, 1.54) is 18.4 Å². The molecular weight excluding hydrogens is 292 g/mol. The molecule has 120 valence electrons. The van der Waals surface area contributed by atoms with Gasteiger partial charge < -0.3 is 10.2 Å². The minimum Gasteiger partial charge on any atom is -0.342 e. The normalized spacial score (nSPS) is 28.4. The maximum Gasteiger partial charge on any atom is 0.235 e. The zero-order valence-corrected chi connectivity index (χ0v) is 14.3. The molecule has 1 N–H and O–H groups in total. The van der Waals surface area contributed by atoms with Gasteiger partial charge in [-0.05, 0) is 38.2 Å². The van der Waals surface area contributed by atoms with E-state index in [1.807, 2.05) is 24.9 Å². The van der Waals surface area contributed by atoms with Crippen molar-refractivity contribution in [3.05, 3.63) is 35.9 Å². The minimum atomic E-state index is 0.0257. The van der Waals surface area contributed by atoms with Crippen molar-refractivity contribution in [2.24, 2.45) is 0 Å². The standard InChI is InChI=1S/C18H26N2OS/c1-13(22-12-14-6-4-3-5-7-14)18(21)20(2)17-10-15-8-9-16(11-17)19-15/h3-7,13,15-17,19H,8-12H2,1-2H3. The molecule has 3 unspecified atom stereocenters. The van der Waals surface area contributed by atoms with Crippen LogP contribution in [0.4, 0.5) is 0 Å². The average molecular weight is 318 g/mol. The number of carbonyl (C=O) groups excluding carboxylic acids is 1. The highest BCUT2D eigenvalue weighted by Crippen LogP contribution is 2.30. The first-order valence-electron chi connectivity index (χ1n) is 8.31. The number of hydrogen-bond acceptors (Lipinski definition) is 3. The van der Waals surface area contributed by atoms with Crippen LogP contribution < -0.4 is 5.32 Å². The van der Waals surface area contributed by atoms with Crippen molar-refractivity contribution < 1.29 is 4.79 Å². The molecule has 2 fully saturated rings. The van der Waals surface area contributed by atoms with Gasteiger partial charge in [-0.2, -0.15) is 0 Å². The van der Waals surface area contributed by atoms with Crippen molar-refractivity contribution in [1.82, 2.24) is 10.2 Å². The first-order valence-corrected chi connectivity index (χ1v) is 9.36. The van der Waals surface area contributed by atoms with Gasteiger partial charge in [0.2, 0.25) is 5.91 Å². The quantitative estimate of drug-likeness (QED) is 0.905. The highest BCUT2D eigenvalue weighted by molar-refractivity contribution is 7.99. The van der Waals surface area contributed by atoms with E-state index >= 15 is 0 Å². The van der Waals surface area contributed by atoms with Gasteiger partial charge in [0.1, 0.15) is 0 Å². The van der Waals surface area contributed by atoms with E-state index in [2.05, 4.69) is 29.6 Å². The van der Waals surface area contributed by atoms with Gasteiger partial charge in [-0.3, -0.25) is 4.79 Å². The van der Waals surface area contributed by atoms with Crippen LogP contribution >= 0.6 is 11.8 Å². The lowest BCUT2D eigenvalue weighted by Crippen LogP contribution is -2.50. The van der Waals surface area contributed by atoms with Crippen LogP contribution in [0.5, 0.6) is 0 Å². The Morgan fingerprint density at radius 3 is 2.55 bits per heavy atom. The Balaban J connectivity index is 1.51. The number of amides is 1. The third-order valence-corrected chi connectivity index (χ3v) is 6.24. The van der Waals surface area contributed by atoms with E-state index in [1.54, 1.807) is 11.8 Å². The Morgan fingerprint density at radius 2 is 1.91 bits per heavy atom. The van der Waals surface area contributed by atoms with Crippen LogP contribution in [0.25, 0.3) is 0 Å². The smallest absolute Gasteiger partial charge is 0.235 e. The van der Waals surface area contributed by atoms with Crippen LogP contribution in [0.3, 0.4) is 0 Å². The fourth-order valence-electron chi connectivity index (χ4n) is 3.68. The molecule has 2 aliphatic heterocycles. The van der Waals surface area contributed by atoms with Crippen molar-refractivity contribution in [1.29, 1.82) is 0 Å². The third kappa shape index (κ3) is 3.66. The molecular formula is C18H26N2OS. The summed E-state index contributed by atoms with van der Waals surface area (Å²) in [5.41, 5.74) is 1.29. The summed E-state index contributed by atoms with van der Waals surface area (Å²) in [6.07, 6.45) is 4.80. The molecule has 1 amide bonds. The van der Waals surface area contributed by atoms with E-state index in [-0.39, 0.29) is 11.2 Å². The SMILES string of the molecule is CC(SCc1ccccc1)C(=O)N(C)C1CC2CCC(C1)N2. The Kier molecular flexibility index (Phi) is 5.09. The summed E-state index contributed by atoms with van der Waals surface area (Å²) in [5.74, 6) is 1.19. The van der Waals surface area contributed by atoms with E-state index in [9.17, 15) is 4.79 Å². The lowest BCUT2D eigenvalue weighted by atomic mass is 9.98. The number of thioether (sulfide) groups is 1. The maximum atomic E-state index is 12.7. The van der Waals surface area contributed by atoms with Gasteiger partial charge in [0.15, 0.2) is 0 Å². The van der Waals surface area contributed by atoms with Gasteiger partial charge in [0.05, 0.1) is 5.25 Å². The lowest BCUT2D eigenvalue weighted by molar-refractivity contribution is -0.131. The molecule has 3 atom stereocenters. The van der Waals surface area contributed by atoms with Crippen LogP contribution in [-0.2, 0) is 10.5 Å². The Hall–Kier alpha value is -1.00. The fraction of sp³-hybridized carbons (Fsp3) is 0.611. The van der Waals surface area contributed by atoms with E-state index in [0.717, 1.165) is 18.6 Å². The van der Waals surface area contributed by atoms with Crippen LogP contribution in [-0.4, -0.2) is 41.2 Å². The zero-order valence-electron chi connectivity index (χ0n) is 13.5. The lowest BCUT2D eigenvalue weighted by Gasteiger charge is -2.36. The van der Waals surface area contributed by atoms with Gasteiger partial charge in [-0.25, -0.2) is 0 Å². The summed E-state index contributed by atoms with van der Waals surface area (Å²) in [6.45, 7) is 2.04. The zero-order chi connectivity index (χ0) is 15.5. The van der Waals surface area contributed by atoms with E-state index in [4.69, 9.17) is 0 Å². The summed E-state index contributed by atoms with van der Waals surface area (Å²) in [6, 6.07) is 12.1. The number of fused-ring (bicyclic) bond motifs is 2. The molecule has 3 nitrogen and oxygen atoms in total. The summed E-state index contributed by atoms with van der Waals surface area (Å²) in [4.78, 5) is 14.7. The molecule has 0 radical (unpaired) electrons. The number of rotatable bonds is 5. The molecule has 1 aromatic rings. The summed E-state index contributed by atoms with van der Waals surface area (Å²) < 4.78 is 0. The van der Waals surface area contributed by atoms with Gasteiger partial charge in [-0.1, -0.05) is 30.3 Å². The number of hydrogen-bond donors (Lipinski definition) is 1. The monoisotopic (exact) mass is 318 g/mol. The molecule has 2 saturated heterocycles. The second-order valence-electron chi connectivity index (χ2n) is 6.65. The van der Waals surface area contributed by atoms with Gasteiger partial charge >= 0.3 is 0 Å². The predicted octanol–water partition coefficient (Wildman–Crippen LogP) is 3.05. The van der Waals surface area contributed by atoms with Crippen LogP contribution in [0.1, 0.15) is 38.2 Å². The van der Waals surface area contributed by atoms with Gasteiger partial charge in [0, 0.05) is 30.9 Å². The second-order valence-corrected chi connectivity index (χ2v) is 7.98. The van der Waals surface area contributed by atoms with Crippen LogP contribution in [0, 0.1) is 0 Å². The van der Waals surface area contributed by atoms with Crippen molar-refractivity contribution >= 4 is 17.7 Å². The molecule has 0 saturated carbocycles. The molecule has 2 aliphatic rings. The predicted molar refractivity (Wildman–Crippen MR) is 92.9 cm³/mol. The van der Waals surface area contributed by atoms with Gasteiger partial charge in [-0.15, -0.1) is 11.8 Å². The third-order valence-electron chi connectivity index (χ3n) is 5.03. The average Bonchev–Trinajstić information content (AvgIpc) is 2.90. The minimum absolute atomic E-state index is 0.0257. The number of benzene rings is 1. The van der Waals surface area contributed by atoms with Crippen molar-refractivity contribution in [2.75, 3.05) is 7.05 Å². The molecule has 2 heterocycles. The number of carbonyl (C=O) groups is 1. The number of nitrogens with one attached hydrogen (secondary N) is 1. The molecule has 0 aliphatic carbocycles. The van der Waals surface area contributed by atoms with E-state index in [0.29, 0.717) is 18.1 Å². The summed E-state index contributed by atoms with van der Waals surface area (Å²) in [7, 11) is 2.00. The summed E-state index contributed by atoms with van der Waals surface area (Å²) >= 11 is 1.74. The molecule has 2 bridgehead atoms. The molecule has 0 spiro atoms. The molecule has 22 heavy (non-hydrogen) atoms. The molecule has 3 rings (SSSR count). The van der Waals surface area contributed by atoms with Crippen molar-refractivity contribution in [2.45, 2.75) is 61.7 Å². The highest BCUT2D eigenvalue weighted by atomic mass is 32.2. The van der Waals surface area contributed by atoms with Crippen molar-refractivity contribution in [3.8, 4) is 0 Å². The largest absolute Gasteiger partial charge is 0.342 e. The second kappa shape index (κ2) is 7.05. The highest BCUT2D eigenvalue weighted by Gasteiger charge is 2.37. The van der Waals surface area contributed by atoms with E-state index < -0.39 is 0 Å². The number of nitrogens with zero attached hydrogens (tertiary/aromatic N) is 1. The number of piperidine rings is 1. The Morgan fingerprint density at radius 1 is 1.27 bits per heavy atom. The van der Waals surface area contributed by atoms with Crippen LogP contribution in [0.2, 0.25) is 0 Å². The Bertz CT molecular complexity index is 495. The maximum absolute atomic E-state index is 12.7. The fourth-order valence-corrected chi connectivity index (χ4v) is 4.62. The Labute approximate surface area is 137 Å². The molecule has 4 heteroatoms. The van der Waals surface area contributed by atoms with Crippen molar-refractivity contribution in [3.63, 3.8) is 0 Å². The summed E-state index contributed by atoms with van der Waals surface area (Å²) in [5, 5.41) is 3.67. The first kappa shape index (κ1) is 15.9. The molecule has 1 aromatic carbocycles. The molecule has 0 aromatic heterocycles. The first-order chi connectivity index (χ1) is 10.6. The topological polar surface area (TPSA) is 32.3 Å².